The largest absolute Gasteiger partial charge is 0.478 e. The van der Waals surface area contributed by atoms with Crippen molar-refractivity contribution in [1.29, 1.82) is 0 Å². The molecule has 0 unspecified atom stereocenters. The highest BCUT2D eigenvalue weighted by Gasteiger charge is 2.28. The fourth-order valence-corrected chi connectivity index (χ4v) is 3.09. The maximum Gasteiger partial charge on any atom is 0.339 e. The van der Waals surface area contributed by atoms with E-state index in [1.165, 1.54) is 24.8 Å². The van der Waals surface area contributed by atoms with Gasteiger partial charge in [0.2, 0.25) is 5.91 Å². The number of carboxylic acids is 1. The molecule has 24 heavy (non-hydrogen) atoms. The van der Waals surface area contributed by atoms with E-state index in [-0.39, 0.29) is 11.5 Å². The fourth-order valence-electron chi connectivity index (χ4n) is 3.09. The van der Waals surface area contributed by atoms with E-state index < -0.39 is 5.97 Å². The molecule has 6 nitrogen and oxygen atoms in total. The van der Waals surface area contributed by atoms with Crippen LogP contribution in [0.15, 0.2) is 42.6 Å². The highest BCUT2D eigenvalue weighted by molar-refractivity contribution is 5.96. The molecule has 6 heteroatoms. The molecule has 1 aromatic heterocycles. The van der Waals surface area contributed by atoms with Gasteiger partial charge in [-0.25, -0.2) is 9.78 Å². The Morgan fingerprint density at radius 1 is 1.29 bits per heavy atom. The number of amides is 1. The highest BCUT2D eigenvalue weighted by atomic mass is 16.4. The van der Waals surface area contributed by atoms with Gasteiger partial charge in [-0.15, -0.1) is 0 Å². The van der Waals surface area contributed by atoms with Crippen LogP contribution < -0.4 is 10.2 Å². The summed E-state index contributed by atoms with van der Waals surface area (Å²) in [7, 11) is 0. The van der Waals surface area contributed by atoms with Crippen molar-refractivity contribution >= 4 is 23.4 Å². The minimum atomic E-state index is -1.05. The van der Waals surface area contributed by atoms with Gasteiger partial charge in [-0.3, -0.25) is 4.79 Å². The first-order valence-electron chi connectivity index (χ1n) is 7.85. The van der Waals surface area contributed by atoms with E-state index in [1.807, 2.05) is 23.1 Å². The van der Waals surface area contributed by atoms with E-state index in [4.69, 9.17) is 0 Å². The average molecular weight is 325 g/mol. The van der Waals surface area contributed by atoms with Gasteiger partial charge in [-0.05, 0) is 18.1 Å². The topological polar surface area (TPSA) is 82.5 Å². The lowest BCUT2D eigenvalue weighted by atomic mass is 9.99. The molecule has 2 N–H and O–H groups in total. The number of anilines is 2. The Balaban J connectivity index is 1.84. The molecule has 0 radical (unpaired) electrons. The quantitative estimate of drug-likeness (QED) is 0.903. The summed E-state index contributed by atoms with van der Waals surface area (Å²) in [4.78, 5) is 29.0. The predicted octanol–water partition coefficient (Wildman–Crippen LogP) is 2.73. The number of pyridine rings is 1. The molecule has 1 aliphatic rings. The number of hydrogen-bond donors (Lipinski definition) is 2. The van der Waals surface area contributed by atoms with Crippen molar-refractivity contribution in [3.05, 3.63) is 53.7 Å². The minimum Gasteiger partial charge on any atom is -0.478 e. The smallest absolute Gasteiger partial charge is 0.339 e. The second-order valence-corrected chi connectivity index (χ2v) is 5.92. The van der Waals surface area contributed by atoms with Crippen molar-refractivity contribution in [2.24, 2.45) is 0 Å². The number of aromatic carboxylic acids is 1. The molecule has 1 aliphatic heterocycles. The van der Waals surface area contributed by atoms with Gasteiger partial charge in [-0.1, -0.05) is 30.3 Å². The average Bonchev–Trinajstić information content (AvgIpc) is 3.05. The molecule has 0 bridgehead atoms. The number of nitrogens with zero attached hydrogens (tertiary/aromatic N) is 2. The summed E-state index contributed by atoms with van der Waals surface area (Å²) in [6.45, 7) is 2.86. The van der Waals surface area contributed by atoms with Crippen LogP contribution in [0.2, 0.25) is 0 Å². The third-order valence-corrected chi connectivity index (χ3v) is 4.18. The van der Waals surface area contributed by atoms with Gasteiger partial charge in [-0.2, -0.15) is 0 Å². The maximum atomic E-state index is 11.6. The summed E-state index contributed by atoms with van der Waals surface area (Å²) in [6.07, 6.45) is 2.46. The summed E-state index contributed by atoms with van der Waals surface area (Å²) in [6, 6.07) is 11.7. The first-order chi connectivity index (χ1) is 11.5. The SMILES string of the molecule is CC(=O)Nc1cnc(N2CC[C@H](c3ccccc3)C2)c(C(=O)O)c1. The standard InChI is InChI=1S/C18H19N3O3/c1-12(22)20-15-9-16(18(23)24)17(19-10-15)21-8-7-14(11-21)13-5-3-2-4-6-13/h2-6,9-10,14H,7-8,11H2,1H3,(H,20,22)(H,23,24)/t14-/m0/s1. The van der Waals surface area contributed by atoms with Crippen LogP contribution in [0.4, 0.5) is 11.5 Å². The zero-order chi connectivity index (χ0) is 17.1. The molecule has 124 valence electrons. The molecule has 1 aromatic carbocycles. The Labute approximate surface area is 140 Å². The molecule has 2 heterocycles. The number of rotatable bonds is 4. The summed E-state index contributed by atoms with van der Waals surface area (Å²) >= 11 is 0. The van der Waals surface area contributed by atoms with Gasteiger partial charge < -0.3 is 15.3 Å². The van der Waals surface area contributed by atoms with E-state index >= 15 is 0 Å². The van der Waals surface area contributed by atoms with Crippen molar-refractivity contribution in [2.45, 2.75) is 19.3 Å². The second-order valence-electron chi connectivity index (χ2n) is 5.92. The number of carbonyl (C=O) groups is 2. The molecule has 0 saturated carbocycles. The second kappa shape index (κ2) is 6.70. The van der Waals surface area contributed by atoms with E-state index in [1.54, 1.807) is 0 Å². The lowest BCUT2D eigenvalue weighted by molar-refractivity contribution is -0.114. The Hall–Kier alpha value is -2.89. The van der Waals surface area contributed by atoms with Crippen LogP contribution in [-0.2, 0) is 4.79 Å². The molecule has 1 saturated heterocycles. The van der Waals surface area contributed by atoms with Crippen molar-refractivity contribution < 1.29 is 14.7 Å². The van der Waals surface area contributed by atoms with Gasteiger partial charge >= 0.3 is 5.97 Å². The Bertz CT molecular complexity index is 761. The van der Waals surface area contributed by atoms with Crippen LogP contribution in [0.25, 0.3) is 0 Å². The molecular formula is C18H19N3O3. The van der Waals surface area contributed by atoms with Gasteiger partial charge in [0.1, 0.15) is 11.4 Å². The molecule has 0 spiro atoms. The van der Waals surface area contributed by atoms with Crippen LogP contribution in [0.5, 0.6) is 0 Å². The number of carboxylic acid groups (broad SMARTS) is 1. The number of carbonyl (C=O) groups excluding carboxylic acids is 1. The van der Waals surface area contributed by atoms with Crippen molar-refractivity contribution in [1.82, 2.24) is 4.98 Å². The zero-order valence-corrected chi connectivity index (χ0v) is 13.4. The van der Waals surface area contributed by atoms with Crippen LogP contribution >= 0.6 is 0 Å². The van der Waals surface area contributed by atoms with E-state index in [0.29, 0.717) is 17.4 Å². The molecule has 1 atom stereocenters. The lowest BCUT2D eigenvalue weighted by Gasteiger charge is -2.20. The van der Waals surface area contributed by atoms with Crippen LogP contribution in [0, 0.1) is 0 Å². The van der Waals surface area contributed by atoms with Crippen LogP contribution in [0.3, 0.4) is 0 Å². The number of benzene rings is 1. The Morgan fingerprint density at radius 2 is 2.04 bits per heavy atom. The molecule has 3 rings (SSSR count). The van der Waals surface area contributed by atoms with Crippen molar-refractivity contribution in [2.75, 3.05) is 23.3 Å². The lowest BCUT2D eigenvalue weighted by Crippen LogP contribution is -2.23. The Morgan fingerprint density at radius 3 is 2.71 bits per heavy atom. The normalized spacial score (nSPS) is 16.9. The number of aromatic nitrogens is 1. The van der Waals surface area contributed by atoms with E-state index in [0.717, 1.165) is 19.5 Å². The summed E-state index contributed by atoms with van der Waals surface area (Å²) < 4.78 is 0. The molecule has 1 fully saturated rings. The molecule has 1 amide bonds. The third-order valence-electron chi connectivity index (χ3n) is 4.18. The van der Waals surface area contributed by atoms with Crippen LogP contribution in [-0.4, -0.2) is 35.1 Å². The first-order valence-corrected chi connectivity index (χ1v) is 7.85. The molecule has 0 aliphatic carbocycles. The monoisotopic (exact) mass is 325 g/mol. The van der Waals surface area contributed by atoms with Crippen LogP contribution in [0.1, 0.15) is 35.2 Å². The third kappa shape index (κ3) is 3.37. The fraction of sp³-hybridized carbons (Fsp3) is 0.278. The minimum absolute atomic E-state index is 0.106. The maximum absolute atomic E-state index is 11.6. The predicted molar refractivity (Wildman–Crippen MR) is 91.5 cm³/mol. The molecule has 2 aromatic rings. The van der Waals surface area contributed by atoms with Gasteiger partial charge in [0, 0.05) is 25.9 Å². The van der Waals surface area contributed by atoms with Gasteiger partial charge in [0.05, 0.1) is 11.9 Å². The Kier molecular flexibility index (Phi) is 4.46. The van der Waals surface area contributed by atoms with Gasteiger partial charge in [0.15, 0.2) is 0 Å². The summed E-state index contributed by atoms with van der Waals surface area (Å²) in [5.74, 6) is -0.487. The van der Waals surface area contributed by atoms with E-state index in [9.17, 15) is 14.7 Å². The zero-order valence-electron chi connectivity index (χ0n) is 13.4. The number of hydrogen-bond acceptors (Lipinski definition) is 4. The first kappa shape index (κ1) is 16.0. The van der Waals surface area contributed by atoms with Gasteiger partial charge in [0.25, 0.3) is 0 Å². The highest BCUT2D eigenvalue weighted by Crippen LogP contribution is 2.32. The van der Waals surface area contributed by atoms with Crippen molar-refractivity contribution in [3.63, 3.8) is 0 Å². The van der Waals surface area contributed by atoms with E-state index in [2.05, 4.69) is 22.4 Å². The molecular weight excluding hydrogens is 306 g/mol. The summed E-state index contributed by atoms with van der Waals surface area (Å²) in [5, 5.41) is 12.1. The number of nitrogens with one attached hydrogen (secondary N) is 1. The summed E-state index contributed by atoms with van der Waals surface area (Å²) in [5.41, 5.74) is 1.75. The van der Waals surface area contributed by atoms with Crippen molar-refractivity contribution in [3.8, 4) is 0 Å².